The molecule has 0 spiro atoms. The highest BCUT2D eigenvalue weighted by Gasteiger charge is 2.34. The van der Waals surface area contributed by atoms with Crippen LogP contribution in [0, 0.1) is 6.92 Å². The minimum atomic E-state index is 0.733. The second kappa shape index (κ2) is 5.66. The number of para-hydroxylation sites is 1. The van der Waals surface area contributed by atoms with Gasteiger partial charge in [-0.2, -0.15) is 0 Å². The van der Waals surface area contributed by atoms with Crippen LogP contribution in [0.25, 0.3) is 16.7 Å². The van der Waals surface area contributed by atoms with Gasteiger partial charge in [0.25, 0.3) is 5.84 Å². The topological polar surface area (TPSA) is 36.4 Å². The summed E-state index contributed by atoms with van der Waals surface area (Å²) < 4.78 is 4.30. The monoisotopic (exact) mass is 342 g/mol. The summed E-state index contributed by atoms with van der Waals surface area (Å²) in [6, 6.07) is 14.9. The second-order valence-corrected chi connectivity index (χ2v) is 6.80. The van der Waals surface area contributed by atoms with Gasteiger partial charge in [-0.15, -0.1) is 0 Å². The first-order chi connectivity index (χ1) is 12.7. The van der Waals surface area contributed by atoms with E-state index in [4.69, 9.17) is 4.98 Å². The first-order valence-corrected chi connectivity index (χ1v) is 8.86. The van der Waals surface area contributed by atoms with E-state index in [0.717, 1.165) is 29.8 Å². The molecular weight excluding hydrogens is 322 g/mol. The summed E-state index contributed by atoms with van der Waals surface area (Å²) in [6.07, 6.45) is 5.83. The Hall–Kier alpha value is -3.21. The molecule has 3 heterocycles. The lowest BCUT2D eigenvalue weighted by atomic mass is 10.0. The number of benzene rings is 2. The molecular formula is C21H20N5+. The minimum absolute atomic E-state index is 0.733. The zero-order chi connectivity index (χ0) is 17.7. The van der Waals surface area contributed by atoms with Crippen molar-refractivity contribution in [1.29, 1.82) is 0 Å². The number of fused-ring (bicyclic) bond motifs is 2. The van der Waals surface area contributed by atoms with Crippen molar-refractivity contribution in [3.63, 3.8) is 0 Å². The fourth-order valence-corrected chi connectivity index (χ4v) is 3.81. The molecule has 0 amide bonds. The highest BCUT2D eigenvalue weighted by Crippen LogP contribution is 2.27. The van der Waals surface area contributed by atoms with E-state index < -0.39 is 0 Å². The molecule has 0 bridgehead atoms. The standard InChI is InChI=1S/C21H20N5/c1-15-8-9-16-14-25-11-10-22-21(25)23-19(16)18(15)20-24(2)12-13-26(20)17-6-4-3-5-7-17/h3-11,14H,12-13H2,1-2H3/q+1. The number of aromatic nitrogens is 3. The van der Waals surface area contributed by atoms with E-state index in [9.17, 15) is 0 Å². The molecule has 4 aromatic rings. The van der Waals surface area contributed by atoms with Crippen molar-refractivity contribution in [3.05, 3.63) is 72.2 Å². The number of hydrogen-bond donors (Lipinski definition) is 0. The Morgan fingerprint density at radius 3 is 2.77 bits per heavy atom. The van der Waals surface area contributed by atoms with E-state index in [2.05, 4.69) is 77.1 Å². The van der Waals surface area contributed by atoms with Crippen LogP contribution in [0.5, 0.6) is 0 Å². The Bertz CT molecular complexity index is 1160. The maximum Gasteiger partial charge on any atom is 0.286 e. The lowest BCUT2D eigenvalue weighted by molar-refractivity contribution is -0.485. The number of likely N-dealkylation sites (N-methyl/N-ethyl adjacent to an activating group) is 1. The van der Waals surface area contributed by atoms with E-state index in [1.165, 1.54) is 22.6 Å². The summed E-state index contributed by atoms with van der Waals surface area (Å²) in [7, 11) is 2.16. The third-order valence-electron chi connectivity index (χ3n) is 5.12. The van der Waals surface area contributed by atoms with Gasteiger partial charge in [0, 0.05) is 24.0 Å². The van der Waals surface area contributed by atoms with Gasteiger partial charge in [-0.25, -0.2) is 14.9 Å². The lowest BCUT2D eigenvalue weighted by Gasteiger charge is -2.16. The Labute approximate surface area is 151 Å². The molecule has 5 nitrogen and oxygen atoms in total. The highest BCUT2D eigenvalue weighted by molar-refractivity contribution is 6.15. The Morgan fingerprint density at radius 1 is 1.08 bits per heavy atom. The fraction of sp³-hybridized carbons (Fsp3) is 0.190. The summed E-state index contributed by atoms with van der Waals surface area (Å²) >= 11 is 0. The minimum Gasteiger partial charge on any atom is -0.291 e. The largest absolute Gasteiger partial charge is 0.291 e. The normalized spacial score (nSPS) is 14.8. The second-order valence-electron chi connectivity index (χ2n) is 6.80. The van der Waals surface area contributed by atoms with Gasteiger partial charge in [0.2, 0.25) is 5.78 Å². The number of aryl methyl sites for hydroxylation is 1. The van der Waals surface area contributed by atoms with Crippen LogP contribution in [0.4, 0.5) is 5.69 Å². The average Bonchev–Trinajstić information content (AvgIpc) is 3.27. The molecule has 0 radical (unpaired) electrons. The predicted molar refractivity (Wildman–Crippen MR) is 104 cm³/mol. The summed E-state index contributed by atoms with van der Waals surface area (Å²) in [5.41, 5.74) is 4.64. The number of anilines is 1. The maximum atomic E-state index is 4.88. The quantitative estimate of drug-likeness (QED) is 0.525. The molecule has 0 N–H and O–H groups in total. The average molecular weight is 342 g/mol. The number of nitrogens with zero attached hydrogens (tertiary/aromatic N) is 5. The number of imidazole rings is 1. The molecule has 2 aromatic heterocycles. The fourth-order valence-electron chi connectivity index (χ4n) is 3.81. The van der Waals surface area contributed by atoms with Gasteiger partial charge >= 0.3 is 0 Å². The van der Waals surface area contributed by atoms with Crippen LogP contribution in [0.1, 0.15) is 11.1 Å². The molecule has 26 heavy (non-hydrogen) atoms. The van der Waals surface area contributed by atoms with Crippen molar-refractivity contribution in [3.8, 4) is 0 Å². The summed E-state index contributed by atoms with van der Waals surface area (Å²) in [4.78, 5) is 11.6. The molecule has 0 unspecified atom stereocenters. The zero-order valence-electron chi connectivity index (χ0n) is 14.9. The van der Waals surface area contributed by atoms with E-state index in [1.54, 1.807) is 6.20 Å². The molecule has 2 aromatic carbocycles. The zero-order valence-corrected chi connectivity index (χ0v) is 14.9. The first-order valence-electron chi connectivity index (χ1n) is 8.86. The van der Waals surface area contributed by atoms with Crippen LogP contribution >= 0.6 is 0 Å². The van der Waals surface area contributed by atoms with Crippen LogP contribution in [0.3, 0.4) is 0 Å². The number of rotatable bonds is 2. The molecule has 5 rings (SSSR count). The molecule has 1 aliphatic rings. The third-order valence-corrected chi connectivity index (χ3v) is 5.12. The van der Waals surface area contributed by atoms with Gasteiger partial charge in [0.1, 0.15) is 18.8 Å². The van der Waals surface area contributed by atoms with Gasteiger partial charge < -0.3 is 0 Å². The predicted octanol–water partition coefficient (Wildman–Crippen LogP) is 3.10. The van der Waals surface area contributed by atoms with E-state index in [1.807, 2.05) is 10.6 Å². The van der Waals surface area contributed by atoms with Crippen molar-refractivity contribution in [1.82, 2.24) is 14.4 Å². The van der Waals surface area contributed by atoms with E-state index in [0.29, 0.717) is 0 Å². The SMILES string of the molecule is Cc1ccc2cn3ccnc3nc2c1C1=[N+](C)CCN1c1ccccc1. The molecule has 0 saturated carbocycles. The Balaban J connectivity index is 1.79. The molecule has 0 atom stereocenters. The lowest BCUT2D eigenvalue weighted by Crippen LogP contribution is -2.30. The van der Waals surface area contributed by atoms with Crippen molar-refractivity contribution in [2.45, 2.75) is 6.92 Å². The van der Waals surface area contributed by atoms with Crippen LogP contribution in [-0.2, 0) is 0 Å². The van der Waals surface area contributed by atoms with E-state index >= 15 is 0 Å². The third kappa shape index (κ3) is 2.20. The van der Waals surface area contributed by atoms with Crippen molar-refractivity contribution < 1.29 is 4.58 Å². The molecule has 128 valence electrons. The summed E-state index contributed by atoms with van der Waals surface area (Å²) in [5.74, 6) is 1.94. The van der Waals surface area contributed by atoms with Gasteiger partial charge in [-0.3, -0.25) is 8.98 Å². The van der Waals surface area contributed by atoms with Crippen LogP contribution < -0.4 is 4.90 Å². The Morgan fingerprint density at radius 2 is 1.92 bits per heavy atom. The van der Waals surface area contributed by atoms with Gasteiger partial charge in [-0.1, -0.05) is 30.3 Å². The number of amidine groups is 1. The number of hydrogen-bond acceptors (Lipinski definition) is 3. The summed E-state index contributed by atoms with van der Waals surface area (Å²) in [5, 5.41) is 1.12. The van der Waals surface area contributed by atoms with Crippen LogP contribution in [0.15, 0.2) is 61.1 Å². The van der Waals surface area contributed by atoms with Crippen molar-refractivity contribution in [2.24, 2.45) is 0 Å². The highest BCUT2D eigenvalue weighted by atomic mass is 15.3. The van der Waals surface area contributed by atoms with Crippen LogP contribution in [-0.4, -0.2) is 44.9 Å². The maximum absolute atomic E-state index is 4.88. The Kier molecular flexibility index (Phi) is 3.28. The van der Waals surface area contributed by atoms with Crippen LogP contribution in [0.2, 0.25) is 0 Å². The summed E-state index contributed by atoms with van der Waals surface area (Å²) in [6.45, 7) is 4.12. The molecule has 0 saturated heterocycles. The van der Waals surface area contributed by atoms with Gasteiger partial charge in [0.05, 0.1) is 18.1 Å². The van der Waals surface area contributed by atoms with Crippen molar-refractivity contribution in [2.75, 3.05) is 25.0 Å². The molecule has 1 aliphatic heterocycles. The van der Waals surface area contributed by atoms with E-state index in [-0.39, 0.29) is 0 Å². The smallest absolute Gasteiger partial charge is 0.286 e. The van der Waals surface area contributed by atoms with Crippen molar-refractivity contribution >= 4 is 28.2 Å². The molecule has 5 heteroatoms. The van der Waals surface area contributed by atoms with Gasteiger partial charge in [0.15, 0.2) is 0 Å². The first kappa shape index (κ1) is 15.1. The molecule has 0 fully saturated rings. The van der Waals surface area contributed by atoms with Gasteiger partial charge in [-0.05, 0) is 24.6 Å². The molecule has 0 aliphatic carbocycles.